The van der Waals surface area contributed by atoms with Crippen LogP contribution < -0.4 is 15.4 Å². The fourth-order valence-corrected chi connectivity index (χ4v) is 5.18. The maximum absolute atomic E-state index is 12.8. The monoisotopic (exact) mass is 571 g/mol. The fourth-order valence-electron chi connectivity index (χ4n) is 4.05. The molecule has 3 rings (SSSR count). The van der Waals surface area contributed by atoms with Gasteiger partial charge in [0.25, 0.3) is 0 Å². The highest BCUT2D eigenvalue weighted by molar-refractivity contribution is 7.88. The molecule has 2 N–H and O–H groups in total. The molecule has 0 bridgehead atoms. The molecule has 0 spiro atoms. The van der Waals surface area contributed by atoms with Gasteiger partial charge in [0.15, 0.2) is 0 Å². The second-order valence-electron chi connectivity index (χ2n) is 9.44. The summed E-state index contributed by atoms with van der Waals surface area (Å²) in [7, 11) is -1.99. The van der Waals surface area contributed by atoms with E-state index < -0.39 is 39.8 Å². The number of hydrogen-bond acceptors (Lipinski definition) is 5. The predicted octanol–water partition coefficient (Wildman–Crippen LogP) is 3.77. The van der Waals surface area contributed by atoms with Gasteiger partial charge in [-0.05, 0) is 44.4 Å². The summed E-state index contributed by atoms with van der Waals surface area (Å²) in [5.74, 6) is -0.0404. The lowest BCUT2D eigenvalue weighted by Crippen LogP contribution is -2.56. The molecular formula is C27H36F3N3O5S. The molecule has 39 heavy (non-hydrogen) atoms. The zero-order valence-corrected chi connectivity index (χ0v) is 23.3. The lowest BCUT2D eigenvalue weighted by atomic mass is 10.0. The van der Waals surface area contributed by atoms with Crippen LogP contribution in [-0.4, -0.2) is 62.6 Å². The Morgan fingerprint density at radius 1 is 1.05 bits per heavy atom. The number of sulfonamides is 1. The van der Waals surface area contributed by atoms with Crippen molar-refractivity contribution in [2.45, 2.75) is 63.9 Å². The molecular weight excluding hydrogens is 535 g/mol. The highest BCUT2D eigenvalue weighted by Gasteiger charge is 2.36. The maximum atomic E-state index is 12.8. The topological polar surface area (TPSA) is 105 Å². The van der Waals surface area contributed by atoms with Crippen molar-refractivity contribution in [1.29, 1.82) is 0 Å². The van der Waals surface area contributed by atoms with Gasteiger partial charge in [0.2, 0.25) is 21.8 Å². The van der Waals surface area contributed by atoms with Crippen LogP contribution in [0, 0.1) is 0 Å². The third kappa shape index (κ3) is 10.5. The lowest BCUT2D eigenvalue weighted by molar-refractivity contribution is -0.137. The van der Waals surface area contributed by atoms with Gasteiger partial charge in [-0.2, -0.15) is 17.5 Å². The van der Waals surface area contributed by atoms with E-state index in [-0.39, 0.29) is 12.0 Å². The summed E-state index contributed by atoms with van der Waals surface area (Å²) in [5, 5.41) is 5.31. The number of nitrogens with one attached hydrogen (secondary N) is 2. The first-order valence-corrected chi connectivity index (χ1v) is 14.4. The summed E-state index contributed by atoms with van der Waals surface area (Å²) in [4.78, 5) is 25.2. The quantitative estimate of drug-likeness (QED) is 0.502. The number of nitrogens with zero attached hydrogens (tertiary/aromatic N) is 1. The summed E-state index contributed by atoms with van der Waals surface area (Å²) >= 11 is 0. The Bertz CT molecular complexity index is 1170. The van der Waals surface area contributed by atoms with E-state index in [2.05, 4.69) is 10.6 Å². The second-order valence-corrected chi connectivity index (χ2v) is 11.4. The van der Waals surface area contributed by atoms with E-state index in [1.807, 2.05) is 38.1 Å². The molecule has 2 atom stereocenters. The average molecular weight is 572 g/mol. The Balaban J connectivity index is 0.000000446. The van der Waals surface area contributed by atoms with Crippen molar-refractivity contribution in [3.05, 3.63) is 65.7 Å². The van der Waals surface area contributed by atoms with Crippen LogP contribution in [0.4, 0.5) is 13.2 Å². The molecule has 0 aromatic heterocycles. The molecule has 0 unspecified atom stereocenters. The van der Waals surface area contributed by atoms with Crippen LogP contribution >= 0.6 is 0 Å². The smallest absolute Gasteiger partial charge is 0.416 e. The van der Waals surface area contributed by atoms with Gasteiger partial charge < -0.3 is 15.4 Å². The number of carbonyl (C=O) groups is 2. The Morgan fingerprint density at radius 2 is 1.67 bits per heavy atom. The van der Waals surface area contributed by atoms with Gasteiger partial charge in [-0.15, -0.1) is 0 Å². The van der Waals surface area contributed by atoms with E-state index in [4.69, 9.17) is 4.74 Å². The molecule has 1 aliphatic heterocycles. The van der Waals surface area contributed by atoms with E-state index in [0.29, 0.717) is 19.4 Å². The van der Waals surface area contributed by atoms with Gasteiger partial charge in [0.05, 0.1) is 17.9 Å². The third-order valence-electron chi connectivity index (χ3n) is 5.90. The number of amides is 2. The number of rotatable bonds is 8. The molecule has 2 aromatic rings. The van der Waals surface area contributed by atoms with Gasteiger partial charge in [0, 0.05) is 20.0 Å². The highest BCUT2D eigenvalue weighted by Crippen LogP contribution is 2.28. The van der Waals surface area contributed by atoms with Crippen LogP contribution in [0.2, 0.25) is 0 Å². The molecule has 216 valence electrons. The average Bonchev–Trinajstić information content (AvgIpc) is 2.88. The van der Waals surface area contributed by atoms with E-state index in [9.17, 15) is 31.2 Å². The number of piperidine rings is 1. The third-order valence-corrected chi connectivity index (χ3v) is 7.19. The molecule has 0 radical (unpaired) electrons. The van der Waals surface area contributed by atoms with Crippen LogP contribution in [0.3, 0.4) is 0 Å². The van der Waals surface area contributed by atoms with Crippen LogP contribution in [0.25, 0.3) is 0 Å². The number of ether oxygens (including phenoxy) is 1. The molecule has 2 amide bonds. The van der Waals surface area contributed by atoms with Gasteiger partial charge in [-0.3, -0.25) is 9.59 Å². The van der Waals surface area contributed by atoms with Crippen molar-refractivity contribution in [3.8, 4) is 5.75 Å². The molecule has 12 heteroatoms. The highest BCUT2D eigenvalue weighted by atomic mass is 32.2. The number of likely N-dealkylation sites (N-methyl/N-ethyl adjacent to an activating group) is 1. The molecule has 1 fully saturated rings. The minimum Gasteiger partial charge on any atom is -0.491 e. The summed E-state index contributed by atoms with van der Waals surface area (Å²) in [6.45, 7) is 4.20. The summed E-state index contributed by atoms with van der Waals surface area (Å²) in [5.41, 5.74) is 0.258. The van der Waals surface area contributed by atoms with Crippen molar-refractivity contribution < 1.29 is 35.9 Å². The molecule has 8 nitrogen and oxygen atoms in total. The molecule has 1 saturated heterocycles. The van der Waals surface area contributed by atoms with Crippen molar-refractivity contribution in [2.24, 2.45) is 0 Å². The normalized spacial score (nSPS) is 17.0. The zero-order valence-electron chi connectivity index (χ0n) is 22.5. The predicted molar refractivity (Wildman–Crippen MR) is 143 cm³/mol. The standard InChI is InChI=1S/C20H31N3O5S.C7H5F3/c1-14(2)28-16-10-8-15(9-11-16)13-17(19(24)21-3)22-20(25)18-7-5-6-12-23(18)29(4,26)27;8-7(9,10)6-4-2-1-3-5-6/h8-11,14,17-18H,5-7,12-13H2,1-4H3,(H,21,24)(H,22,25);1-5H/t17-,18-;/m0./s1. The molecule has 0 saturated carbocycles. The second kappa shape index (κ2) is 14.3. The zero-order chi connectivity index (χ0) is 29.2. The first kappa shape index (κ1) is 32.1. The number of halogens is 3. The van der Waals surface area contributed by atoms with Gasteiger partial charge in [-0.1, -0.05) is 48.9 Å². The summed E-state index contributed by atoms with van der Waals surface area (Å²) in [6, 6.07) is 12.1. The summed E-state index contributed by atoms with van der Waals surface area (Å²) < 4.78 is 66.3. The van der Waals surface area contributed by atoms with Crippen LogP contribution in [0.15, 0.2) is 54.6 Å². The molecule has 1 heterocycles. The van der Waals surface area contributed by atoms with Crippen molar-refractivity contribution in [3.63, 3.8) is 0 Å². The van der Waals surface area contributed by atoms with Gasteiger partial charge in [-0.25, -0.2) is 8.42 Å². The Morgan fingerprint density at radius 3 is 2.15 bits per heavy atom. The Labute approximate surface area is 228 Å². The van der Waals surface area contributed by atoms with E-state index in [1.54, 1.807) is 6.07 Å². The molecule has 2 aromatic carbocycles. The molecule has 0 aliphatic carbocycles. The lowest BCUT2D eigenvalue weighted by Gasteiger charge is -2.33. The Hall–Kier alpha value is -3.12. The minimum absolute atomic E-state index is 0.0621. The molecule has 1 aliphatic rings. The first-order valence-electron chi connectivity index (χ1n) is 12.6. The maximum Gasteiger partial charge on any atom is 0.416 e. The summed E-state index contributed by atoms with van der Waals surface area (Å²) in [6.07, 6.45) is -0.810. The largest absolute Gasteiger partial charge is 0.491 e. The van der Waals surface area contributed by atoms with E-state index >= 15 is 0 Å². The number of alkyl halides is 3. The minimum atomic E-state index is -4.21. The van der Waals surface area contributed by atoms with Crippen LogP contribution in [0.1, 0.15) is 44.2 Å². The van der Waals surface area contributed by atoms with Crippen LogP contribution in [0.5, 0.6) is 5.75 Å². The Kier molecular flexibility index (Phi) is 11.8. The van der Waals surface area contributed by atoms with Crippen molar-refractivity contribution >= 4 is 21.8 Å². The van der Waals surface area contributed by atoms with Crippen LogP contribution in [-0.2, 0) is 32.2 Å². The van der Waals surface area contributed by atoms with Gasteiger partial charge >= 0.3 is 6.18 Å². The SMILES string of the molecule is CNC(=O)[C@H](Cc1ccc(OC(C)C)cc1)NC(=O)[C@@H]1CCCCN1S(C)(=O)=O.FC(F)(F)c1ccccc1. The van der Waals surface area contributed by atoms with Crippen molar-refractivity contribution in [1.82, 2.24) is 14.9 Å². The van der Waals surface area contributed by atoms with E-state index in [1.165, 1.54) is 23.5 Å². The van der Waals surface area contributed by atoms with E-state index in [0.717, 1.165) is 42.5 Å². The number of carbonyl (C=O) groups excluding carboxylic acids is 2. The van der Waals surface area contributed by atoms with Gasteiger partial charge in [0.1, 0.15) is 17.8 Å². The number of benzene rings is 2. The first-order chi connectivity index (χ1) is 18.2. The van der Waals surface area contributed by atoms with Crippen molar-refractivity contribution in [2.75, 3.05) is 19.8 Å². The number of hydrogen-bond donors (Lipinski definition) is 2. The fraction of sp³-hybridized carbons (Fsp3) is 0.481.